The third-order valence-corrected chi connectivity index (χ3v) is 4.98. The average molecular weight is 339 g/mol. The summed E-state index contributed by atoms with van der Waals surface area (Å²) in [4.78, 5) is 23.8. The second-order valence-corrected chi connectivity index (χ2v) is 6.82. The van der Waals surface area contributed by atoms with Crippen molar-refractivity contribution in [1.82, 2.24) is 10.6 Å². The molecule has 1 aliphatic carbocycles. The maximum Gasteiger partial charge on any atom is 0.287 e. The van der Waals surface area contributed by atoms with Crippen LogP contribution in [0.3, 0.4) is 0 Å². The lowest BCUT2D eigenvalue weighted by Crippen LogP contribution is -2.47. The lowest BCUT2D eigenvalue weighted by molar-refractivity contribution is -0.114. The summed E-state index contributed by atoms with van der Waals surface area (Å²) in [6.45, 7) is 2.52. The number of anilines is 1. The van der Waals surface area contributed by atoms with Crippen molar-refractivity contribution in [3.05, 3.63) is 42.2 Å². The first-order valence-electron chi connectivity index (χ1n) is 8.61. The van der Waals surface area contributed by atoms with Crippen LogP contribution in [-0.2, 0) is 4.79 Å². The van der Waals surface area contributed by atoms with Gasteiger partial charge in [-0.3, -0.25) is 9.59 Å². The van der Waals surface area contributed by atoms with Gasteiger partial charge in [-0.1, -0.05) is 12.1 Å². The third-order valence-electron chi connectivity index (χ3n) is 4.98. The maximum atomic E-state index is 12.5. The van der Waals surface area contributed by atoms with Crippen molar-refractivity contribution in [1.29, 1.82) is 0 Å². The van der Waals surface area contributed by atoms with Gasteiger partial charge in [-0.15, -0.1) is 0 Å². The van der Waals surface area contributed by atoms with Crippen LogP contribution in [0.15, 0.2) is 40.8 Å². The molecule has 3 unspecified atom stereocenters. The van der Waals surface area contributed by atoms with Crippen LogP contribution in [0, 0.1) is 5.92 Å². The molecule has 6 heteroatoms. The zero-order chi connectivity index (χ0) is 17.4. The lowest BCUT2D eigenvalue weighted by atomic mass is 10.1. The molecular weight excluding hydrogens is 318 g/mol. The highest BCUT2D eigenvalue weighted by Crippen LogP contribution is 2.32. The SMILES string of the molecule is CC(=O)Nc1ccccc1-c1ccc(C(=O)NC2CC3CNC2C3)o1. The number of piperidine rings is 1. The second kappa shape index (κ2) is 6.37. The van der Waals surface area contributed by atoms with Gasteiger partial charge in [-0.2, -0.15) is 0 Å². The van der Waals surface area contributed by atoms with Crippen LogP contribution in [0.4, 0.5) is 5.69 Å². The number of nitrogens with one attached hydrogen (secondary N) is 3. The van der Waals surface area contributed by atoms with Gasteiger partial charge < -0.3 is 20.4 Å². The summed E-state index contributed by atoms with van der Waals surface area (Å²) in [5.41, 5.74) is 1.41. The van der Waals surface area contributed by atoms with E-state index in [0.29, 0.717) is 23.4 Å². The minimum Gasteiger partial charge on any atom is -0.451 e. The molecule has 1 aliphatic heterocycles. The molecular formula is C19H21N3O3. The predicted molar refractivity (Wildman–Crippen MR) is 94.2 cm³/mol. The van der Waals surface area contributed by atoms with Gasteiger partial charge in [-0.25, -0.2) is 0 Å². The maximum absolute atomic E-state index is 12.5. The van der Waals surface area contributed by atoms with Crippen LogP contribution in [0.5, 0.6) is 0 Å². The summed E-state index contributed by atoms with van der Waals surface area (Å²) in [5.74, 6) is 1.17. The number of hydrogen-bond acceptors (Lipinski definition) is 4. The Labute approximate surface area is 146 Å². The minimum atomic E-state index is -0.192. The Hall–Kier alpha value is -2.60. The topological polar surface area (TPSA) is 83.4 Å². The molecule has 2 heterocycles. The fourth-order valence-electron chi connectivity index (χ4n) is 3.85. The smallest absolute Gasteiger partial charge is 0.287 e. The Bertz CT molecular complexity index is 814. The number of furan rings is 1. The highest BCUT2D eigenvalue weighted by molar-refractivity contribution is 5.95. The van der Waals surface area contributed by atoms with Crippen LogP contribution < -0.4 is 16.0 Å². The van der Waals surface area contributed by atoms with E-state index in [1.165, 1.54) is 6.92 Å². The van der Waals surface area contributed by atoms with Gasteiger partial charge in [0.2, 0.25) is 5.91 Å². The third kappa shape index (κ3) is 3.17. The van der Waals surface area contributed by atoms with Crippen molar-refractivity contribution in [2.45, 2.75) is 31.8 Å². The van der Waals surface area contributed by atoms with Gasteiger partial charge in [0.15, 0.2) is 5.76 Å². The van der Waals surface area contributed by atoms with E-state index >= 15 is 0 Å². The van der Waals surface area contributed by atoms with Crippen molar-refractivity contribution in [2.24, 2.45) is 5.92 Å². The Balaban J connectivity index is 1.50. The normalized spacial score (nSPS) is 24.3. The van der Waals surface area contributed by atoms with Crippen molar-refractivity contribution in [3.63, 3.8) is 0 Å². The molecule has 0 radical (unpaired) electrons. The van der Waals surface area contributed by atoms with Crippen molar-refractivity contribution in [3.8, 4) is 11.3 Å². The number of amides is 2. The van der Waals surface area contributed by atoms with E-state index in [-0.39, 0.29) is 23.6 Å². The van der Waals surface area contributed by atoms with Gasteiger partial charge >= 0.3 is 0 Å². The van der Waals surface area contributed by atoms with E-state index < -0.39 is 0 Å². The van der Waals surface area contributed by atoms with E-state index in [0.717, 1.165) is 24.9 Å². The van der Waals surface area contributed by atoms with Crippen LogP contribution >= 0.6 is 0 Å². The van der Waals surface area contributed by atoms with E-state index in [9.17, 15) is 9.59 Å². The first-order valence-corrected chi connectivity index (χ1v) is 8.61. The van der Waals surface area contributed by atoms with Crippen molar-refractivity contribution < 1.29 is 14.0 Å². The molecule has 3 N–H and O–H groups in total. The van der Waals surface area contributed by atoms with E-state index in [1.54, 1.807) is 18.2 Å². The zero-order valence-electron chi connectivity index (χ0n) is 14.0. The Kier molecular flexibility index (Phi) is 4.05. The van der Waals surface area contributed by atoms with Gasteiger partial charge in [0.25, 0.3) is 5.91 Å². The Morgan fingerprint density at radius 1 is 1.16 bits per heavy atom. The van der Waals surface area contributed by atoms with Gasteiger partial charge in [-0.05, 0) is 49.6 Å². The lowest BCUT2D eigenvalue weighted by Gasteiger charge is -2.23. The second-order valence-electron chi connectivity index (χ2n) is 6.82. The quantitative estimate of drug-likeness (QED) is 0.799. The summed E-state index contributed by atoms with van der Waals surface area (Å²) in [6, 6.07) is 11.4. The first-order chi connectivity index (χ1) is 12.1. The molecule has 4 rings (SSSR count). The van der Waals surface area contributed by atoms with Crippen LogP contribution in [-0.4, -0.2) is 30.4 Å². The zero-order valence-corrected chi connectivity index (χ0v) is 14.0. The monoisotopic (exact) mass is 339 g/mol. The average Bonchev–Trinajstić information content (AvgIpc) is 3.31. The minimum absolute atomic E-state index is 0.152. The Morgan fingerprint density at radius 2 is 2.00 bits per heavy atom. The molecule has 2 aliphatic rings. The highest BCUT2D eigenvalue weighted by Gasteiger charge is 2.40. The summed E-state index contributed by atoms with van der Waals surface area (Å²) in [6.07, 6.45) is 2.17. The van der Waals surface area contributed by atoms with E-state index in [4.69, 9.17) is 4.42 Å². The van der Waals surface area contributed by atoms with Crippen LogP contribution in [0.2, 0.25) is 0 Å². The fraction of sp³-hybridized carbons (Fsp3) is 0.368. The van der Waals surface area contributed by atoms with Gasteiger partial charge in [0.1, 0.15) is 5.76 Å². The number of rotatable bonds is 4. The molecule has 1 saturated heterocycles. The molecule has 1 saturated carbocycles. The van der Waals surface area contributed by atoms with Gasteiger partial charge in [0.05, 0.1) is 5.69 Å². The van der Waals surface area contributed by atoms with Gasteiger partial charge in [0, 0.05) is 24.6 Å². The number of carbonyl (C=O) groups excluding carboxylic acids is 2. The van der Waals surface area contributed by atoms with Crippen LogP contribution in [0.1, 0.15) is 30.3 Å². The number of benzene rings is 1. The molecule has 3 atom stereocenters. The van der Waals surface area contributed by atoms with Crippen molar-refractivity contribution >= 4 is 17.5 Å². The largest absolute Gasteiger partial charge is 0.451 e. The molecule has 2 amide bonds. The molecule has 0 spiro atoms. The Morgan fingerprint density at radius 3 is 2.72 bits per heavy atom. The molecule has 2 aromatic rings. The summed E-state index contributed by atoms with van der Waals surface area (Å²) in [5, 5.41) is 9.29. The fourth-order valence-corrected chi connectivity index (χ4v) is 3.85. The predicted octanol–water partition coefficient (Wildman–Crippen LogP) is 2.39. The molecule has 2 bridgehead atoms. The van der Waals surface area contributed by atoms with Crippen molar-refractivity contribution in [2.75, 3.05) is 11.9 Å². The highest BCUT2D eigenvalue weighted by atomic mass is 16.4. The standard InChI is InChI=1S/C19H21N3O3/c1-11(23)21-14-5-3-2-4-13(14)17-6-7-18(25-17)19(24)22-16-9-12-8-15(16)20-10-12/h2-7,12,15-16,20H,8-10H2,1H3,(H,21,23)(H,22,24). The summed E-state index contributed by atoms with van der Waals surface area (Å²) in [7, 11) is 0. The molecule has 1 aromatic carbocycles. The summed E-state index contributed by atoms with van der Waals surface area (Å²) >= 11 is 0. The number of hydrogen-bond donors (Lipinski definition) is 3. The molecule has 2 fully saturated rings. The molecule has 6 nitrogen and oxygen atoms in total. The van der Waals surface area contributed by atoms with Crippen LogP contribution in [0.25, 0.3) is 11.3 Å². The molecule has 1 aromatic heterocycles. The first kappa shape index (κ1) is 15.9. The number of para-hydroxylation sites is 1. The van der Waals surface area contributed by atoms with E-state index in [2.05, 4.69) is 16.0 Å². The number of fused-ring (bicyclic) bond motifs is 2. The summed E-state index contributed by atoms with van der Waals surface area (Å²) < 4.78 is 5.76. The molecule has 25 heavy (non-hydrogen) atoms. The number of carbonyl (C=O) groups is 2. The van der Waals surface area contributed by atoms with E-state index in [1.807, 2.05) is 18.2 Å². The molecule has 130 valence electrons.